The van der Waals surface area contributed by atoms with Crippen molar-refractivity contribution in [3.8, 4) is 5.95 Å². The molecular weight excluding hydrogens is 288 g/mol. The summed E-state index contributed by atoms with van der Waals surface area (Å²) in [5.41, 5.74) is 0. The zero-order valence-corrected chi connectivity index (χ0v) is 12.4. The van der Waals surface area contributed by atoms with Crippen LogP contribution in [0.5, 0.6) is 0 Å². The van der Waals surface area contributed by atoms with Gasteiger partial charge in [0.25, 0.3) is 5.95 Å². The van der Waals surface area contributed by atoms with Crippen molar-refractivity contribution in [1.29, 1.82) is 0 Å². The number of nitrogens with zero attached hydrogens (tertiary/aromatic N) is 6. The summed E-state index contributed by atoms with van der Waals surface area (Å²) in [5.74, 6) is 1.41. The minimum Gasteiger partial charge on any atom is -0.357 e. The first kappa shape index (κ1) is 13.4. The third-order valence-corrected chi connectivity index (χ3v) is 3.54. The number of nitrogens with one attached hydrogen (secondary N) is 2. The average molecular weight is 302 g/mol. The number of aromatic nitrogens is 6. The zero-order valence-electron chi connectivity index (χ0n) is 11.6. The van der Waals surface area contributed by atoms with Crippen LogP contribution in [0.1, 0.15) is 9.88 Å². The van der Waals surface area contributed by atoms with E-state index in [0.717, 1.165) is 5.01 Å². The lowest BCUT2D eigenvalue weighted by molar-refractivity contribution is 0.796. The molecule has 21 heavy (non-hydrogen) atoms. The van der Waals surface area contributed by atoms with Gasteiger partial charge in [0.15, 0.2) is 0 Å². The third kappa shape index (κ3) is 3.14. The highest BCUT2D eigenvalue weighted by Gasteiger charge is 2.08. The maximum absolute atomic E-state index is 4.35. The molecule has 0 saturated heterocycles. The van der Waals surface area contributed by atoms with Crippen LogP contribution in [0.4, 0.5) is 11.9 Å². The quantitative estimate of drug-likeness (QED) is 0.737. The largest absolute Gasteiger partial charge is 0.357 e. The van der Waals surface area contributed by atoms with Crippen molar-refractivity contribution in [1.82, 2.24) is 29.7 Å². The summed E-state index contributed by atoms with van der Waals surface area (Å²) >= 11 is 1.64. The van der Waals surface area contributed by atoms with Crippen LogP contribution in [0, 0.1) is 6.92 Å². The fourth-order valence-electron chi connectivity index (χ4n) is 1.68. The fraction of sp³-hybridized carbons (Fsp3) is 0.250. The van der Waals surface area contributed by atoms with Crippen molar-refractivity contribution in [2.75, 3.05) is 17.7 Å². The minimum atomic E-state index is 0.456. The van der Waals surface area contributed by atoms with Gasteiger partial charge in [-0.2, -0.15) is 20.1 Å². The van der Waals surface area contributed by atoms with Crippen LogP contribution in [0.15, 0.2) is 24.7 Å². The van der Waals surface area contributed by atoms with Gasteiger partial charge in [0.1, 0.15) is 5.01 Å². The summed E-state index contributed by atoms with van der Waals surface area (Å²) < 4.78 is 1.58. The Bertz CT molecular complexity index is 721. The molecule has 0 aliphatic carbocycles. The van der Waals surface area contributed by atoms with Crippen LogP contribution in [0.2, 0.25) is 0 Å². The number of hydrogen-bond acceptors (Lipinski definition) is 8. The highest BCUT2D eigenvalue weighted by molar-refractivity contribution is 7.11. The molecule has 0 atom stereocenters. The molecule has 8 nitrogen and oxygen atoms in total. The molecule has 0 radical (unpaired) electrons. The molecule has 0 saturated carbocycles. The molecular formula is C12H14N8S. The fourth-order valence-corrected chi connectivity index (χ4v) is 2.41. The molecule has 3 rings (SSSR count). The molecule has 3 aromatic rings. The molecule has 0 unspecified atom stereocenters. The lowest BCUT2D eigenvalue weighted by Crippen LogP contribution is -2.11. The van der Waals surface area contributed by atoms with E-state index in [1.807, 2.05) is 19.2 Å². The van der Waals surface area contributed by atoms with Crippen molar-refractivity contribution >= 4 is 23.2 Å². The van der Waals surface area contributed by atoms with Gasteiger partial charge < -0.3 is 10.6 Å². The number of thiazole rings is 1. The first-order valence-electron chi connectivity index (χ1n) is 6.33. The van der Waals surface area contributed by atoms with E-state index in [1.165, 1.54) is 4.88 Å². The molecule has 108 valence electrons. The van der Waals surface area contributed by atoms with Crippen LogP contribution in [-0.4, -0.2) is 36.8 Å². The standard InChI is InChI=1S/C12H14N8S/c1-8-6-14-9(21-8)7-15-11-17-10(13-2)18-12(19-11)20-5-3-4-16-20/h3-6H,7H2,1-2H3,(H2,13,15,17,18,19). The number of anilines is 2. The predicted molar refractivity (Wildman–Crippen MR) is 80.7 cm³/mol. The molecule has 0 aliphatic rings. The molecule has 0 fully saturated rings. The number of hydrogen-bond donors (Lipinski definition) is 2. The highest BCUT2D eigenvalue weighted by Crippen LogP contribution is 2.13. The Labute approximate surface area is 125 Å². The summed E-state index contributed by atoms with van der Waals surface area (Å²) in [6, 6.07) is 1.81. The summed E-state index contributed by atoms with van der Waals surface area (Å²) in [6.45, 7) is 2.60. The van der Waals surface area contributed by atoms with E-state index < -0.39 is 0 Å². The van der Waals surface area contributed by atoms with Gasteiger partial charge in [0.2, 0.25) is 11.9 Å². The first-order chi connectivity index (χ1) is 10.2. The summed E-state index contributed by atoms with van der Waals surface area (Å²) in [6.07, 6.45) is 5.31. The smallest absolute Gasteiger partial charge is 0.257 e. The van der Waals surface area contributed by atoms with Crippen molar-refractivity contribution in [3.05, 3.63) is 34.5 Å². The molecule has 2 N–H and O–H groups in total. The number of rotatable bonds is 5. The lowest BCUT2D eigenvalue weighted by Gasteiger charge is -2.07. The Balaban J connectivity index is 1.82. The second-order valence-corrected chi connectivity index (χ2v) is 5.52. The van der Waals surface area contributed by atoms with E-state index in [9.17, 15) is 0 Å². The molecule has 0 aliphatic heterocycles. The Kier molecular flexibility index (Phi) is 3.73. The lowest BCUT2D eigenvalue weighted by atomic mass is 10.6. The maximum atomic E-state index is 4.35. The molecule has 0 amide bonds. The van der Waals surface area contributed by atoms with Crippen LogP contribution in [-0.2, 0) is 6.54 Å². The SMILES string of the molecule is CNc1nc(NCc2ncc(C)s2)nc(-n2cccn2)n1. The Morgan fingerprint density at radius 2 is 2.10 bits per heavy atom. The zero-order chi connectivity index (χ0) is 14.7. The minimum absolute atomic E-state index is 0.456. The van der Waals surface area contributed by atoms with Gasteiger partial charge in [-0.1, -0.05) is 0 Å². The van der Waals surface area contributed by atoms with E-state index in [0.29, 0.717) is 24.4 Å². The van der Waals surface area contributed by atoms with Gasteiger partial charge in [-0.3, -0.25) is 0 Å². The van der Waals surface area contributed by atoms with Crippen LogP contribution in [0.25, 0.3) is 5.95 Å². The highest BCUT2D eigenvalue weighted by atomic mass is 32.1. The second kappa shape index (κ2) is 5.83. The summed E-state index contributed by atoms with van der Waals surface area (Å²) in [4.78, 5) is 18.4. The van der Waals surface area contributed by atoms with Crippen molar-refractivity contribution in [2.24, 2.45) is 0 Å². The normalized spacial score (nSPS) is 10.6. The first-order valence-corrected chi connectivity index (χ1v) is 7.15. The van der Waals surface area contributed by atoms with Crippen molar-refractivity contribution in [2.45, 2.75) is 13.5 Å². The summed E-state index contributed by atoms with van der Waals surface area (Å²) in [5, 5.41) is 11.2. The molecule has 3 aromatic heterocycles. The predicted octanol–water partition coefficient (Wildman–Crippen LogP) is 1.48. The van der Waals surface area contributed by atoms with E-state index in [-0.39, 0.29) is 0 Å². The van der Waals surface area contributed by atoms with Crippen molar-refractivity contribution < 1.29 is 0 Å². The van der Waals surface area contributed by atoms with E-state index >= 15 is 0 Å². The van der Waals surface area contributed by atoms with Gasteiger partial charge in [-0.05, 0) is 13.0 Å². The average Bonchev–Trinajstić information content (AvgIpc) is 3.16. The maximum Gasteiger partial charge on any atom is 0.257 e. The molecule has 9 heteroatoms. The Hall–Kier alpha value is -2.55. The van der Waals surface area contributed by atoms with Crippen LogP contribution in [0.3, 0.4) is 0 Å². The molecule has 0 aromatic carbocycles. The topological polar surface area (TPSA) is 93.4 Å². The van der Waals surface area contributed by atoms with Crippen LogP contribution < -0.4 is 10.6 Å². The molecule has 0 bridgehead atoms. The van der Waals surface area contributed by atoms with E-state index in [1.54, 1.807) is 35.5 Å². The van der Waals surface area contributed by atoms with E-state index in [2.05, 4.69) is 35.7 Å². The monoisotopic (exact) mass is 302 g/mol. The summed E-state index contributed by atoms with van der Waals surface area (Å²) in [7, 11) is 1.76. The van der Waals surface area contributed by atoms with Crippen LogP contribution >= 0.6 is 11.3 Å². The van der Waals surface area contributed by atoms with Gasteiger partial charge >= 0.3 is 0 Å². The molecule has 0 spiro atoms. The number of aryl methyl sites for hydroxylation is 1. The van der Waals surface area contributed by atoms with Gasteiger partial charge in [-0.25, -0.2) is 9.67 Å². The molecule has 3 heterocycles. The van der Waals surface area contributed by atoms with E-state index in [4.69, 9.17) is 0 Å². The van der Waals surface area contributed by atoms with Gasteiger partial charge in [-0.15, -0.1) is 11.3 Å². The second-order valence-electron chi connectivity index (χ2n) is 4.20. The van der Waals surface area contributed by atoms with Crippen molar-refractivity contribution in [3.63, 3.8) is 0 Å². The Morgan fingerprint density at radius 1 is 1.24 bits per heavy atom. The Morgan fingerprint density at radius 3 is 2.76 bits per heavy atom. The third-order valence-electron chi connectivity index (χ3n) is 2.62. The van der Waals surface area contributed by atoms with Gasteiger partial charge in [0.05, 0.1) is 6.54 Å². The van der Waals surface area contributed by atoms with Gasteiger partial charge in [0, 0.05) is 30.5 Å².